The third-order valence-electron chi connectivity index (χ3n) is 5.35. The second-order valence-electron chi connectivity index (χ2n) is 7.39. The van der Waals surface area contributed by atoms with E-state index in [0.29, 0.717) is 25.3 Å². The largest absolute Gasteiger partial charge is 0.484 e. The SMILES string of the molecule is COCC1(CNC(=O)COc2cccc(N3CCCC3=O)c2)CCNCC1. The number of benzene rings is 1. The molecule has 148 valence electrons. The lowest BCUT2D eigenvalue weighted by molar-refractivity contribution is -0.124. The first kappa shape index (κ1) is 19.6. The van der Waals surface area contributed by atoms with Crippen LogP contribution in [0.15, 0.2) is 24.3 Å². The van der Waals surface area contributed by atoms with E-state index in [0.717, 1.165) is 44.6 Å². The Morgan fingerprint density at radius 3 is 2.85 bits per heavy atom. The summed E-state index contributed by atoms with van der Waals surface area (Å²) in [5, 5.41) is 6.33. The predicted octanol–water partition coefficient (Wildman–Crippen LogP) is 1.32. The lowest BCUT2D eigenvalue weighted by Gasteiger charge is -2.37. The maximum atomic E-state index is 12.2. The second-order valence-corrected chi connectivity index (χ2v) is 7.39. The molecule has 0 unspecified atom stereocenters. The van der Waals surface area contributed by atoms with E-state index in [-0.39, 0.29) is 23.8 Å². The summed E-state index contributed by atoms with van der Waals surface area (Å²) in [5.41, 5.74) is 0.815. The Hall–Kier alpha value is -2.12. The minimum absolute atomic E-state index is 0.00824. The highest BCUT2D eigenvalue weighted by molar-refractivity contribution is 5.95. The molecule has 2 amide bonds. The number of ether oxygens (including phenoxy) is 2. The van der Waals surface area contributed by atoms with Crippen molar-refractivity contribution in [3.63, 3.8) is 0 Å². The highest BCUT2D eigenvalue weighted by Gasteiger charge is 2.32. The zero-order valence-corrected chi connectivity index (χ0v) is 16.0. The first-order valence-corrected chi connectivity index (χ1v) is 9.61. The number of anilines is 1. The van der Waals surface area contributed by atoms with E-state index in [1.807, 2.05) is 18.2 Å². The van der Waals surface area contributed by atoms with Gasteiger partial charge < -0.3 is 25.0 Å². The fourth-order valence-electron chi connectivity index (χ4n) is 3.78. The maximum Gasteiger partial charge on any atom is 0.257 e. The summed E-state index contributed by atoms with van der Waals surface area (Å²) in [6.45, 7) is 3.81. The standard InChI is InChI=1S/C20H29N3O4/c1-26-15-20(7-9-21-10-8-20)14-22-18(24)13-27-17-5-2-4-16(12-17)23-11-3-6-19(23)25/h2,4-5,12,21H,3,6-11,13-15H2,1H3,(H,22,24). The van der Waals surface area contributed by atoms with Gasteiger partial charge in [0.15, 0.2) is 6.61 Å². The summed E-state index contributed by atoms with van der Waals surface area (Å²) < 4.78 is 11.0. The number of piperidine rings is 1. The molecule has 7 heteroatoms. The van der Waals surface area contributed by atoms with Crippen molar-refractivity contribution in [3.8, 4) is 5.75 Å². The number of hydrogen-bond donors (Lipinski definition) is 2. The number of methoxy groups -OCH3 is 1. The van der Waals surface area contributed by atoms with Crippen LogP contribution < -0.4 is 20.3 Å². The van der Waals surface area contributed by atoms with Crippen LogP contribution in [-0.4, -0.2) is 58.3 Å². The van der Waals surface area contributed by atoms with Gasteiger partial charge in [-0.1, -0.05) is 6.07 Å². The Morgan fingerprint density at radius 2 is 2.15 bits per heavy atom. The zero-order valence-electron chi connectivity index (χ0n) is 16.0. The molecule has 2 fully saturated rings. The summed E-state index contributed by atoms with van der Waals surface area (Å²) >= 11 is 0. The summed E-state index contributed by atoms with van der Waals surface area (Å²) in [7, 11) is 1.70. The third-order valence-corrected chi connectivity index (χ3v) is 5.35. The van der Waals surface area contributed by atoms with E-state index in [9.17, 15) is 9.59 Å². The van der Waals surface area contributed by atoms with E-state index >= 15 is 0 Å². The Kier molecular flexibility index (Phi) is 6.68. The Bertz CT molecular complexity index is 653. The molecule has 2 heterocycles. The van der Waals surface area contributed by atoms with Crippen molar-refractivity contribution in [3.05, 3.63) is 24.3 Å². The van der Waals surface area contributed by atoms with Crippen LogP contribution in [0.3, 0.4) is 0 Å². The van der Waals surface area contributed by atoms with Crippen molar-refractivity contribution in [1.29, 1.82) is 0 Å². The van der Waals surface area contributed by atoms with E-state index in [1.54, 1.807) is 18.1 Å². The van der Waals surface area contributed by atoms with Crippen LogP contribution in [0.4, 0.5) is 5.69 Å². The van der Waals surface area contributed by atoms with Crippen molar-refractivity contribution in [2.24, 2.45) is 5.41 Å². The molecule has 27 heavy (non-hydrogen) atoms. The molecular weight excluding hydrogens is 346 g/mol. The van der Waals surface area contributed by atoms with E-state index in [4.69, 9.17) is 9.47 Å². The number of rotatable bonds is 8. The molecule has 7 nitrogen and oxygen atoms in total. The van der Waals surface area contributed by atoms with Gasteiger partial charge >= 0.3 is 0 Å². The number of nitrogens with zero attached hydrogens (tertiary/aromatic N) is 1. The number of carbonyl (C=O) groups excluding carboxylic acids is 2. The van der Waals surface area contributed by atoms with Crippen LogP contribution in [0.2, 0.25) is 0 Å². The van der Waals surface area contributed by atoms with Crippen LogP contribution in [0.25, 0.3) is 0 Å². The van der Waals surface area contributed by atoms with Crippen LogP contribution in [0.1, 0.15) is 25.7 Å². The summed E-state index contributed by atoms with van der Waals surface area (Å²) in [6, 6.07) is 7.35. The topological polar surface area (TPSA) is 79.9 Å². The molecular formula is C20H29N3O4. The molecule has 2 aliphatic heterocycles. The lowest BCUT2D eigenvalue weighted by atomic mass is 9.79. The van der Waals surface area contributed by atoms with Gasteiger partial charge in [0.25, 0.3) is 5.91 Å². The molecule has 0 saturated carbocycles. The molecule has 0 spiro atoms. The smallest absolute Gasteiger partial charge is 0.257 e. The minimum atomic E-state index is -0.147. The number of carbonyl (C=O) groups is 2. The molecule has 0 radical (unpaired) electrons. The minimum Gasteiger partial charge on any atom is -0.484 e. The Balaban J connectivity index is 1.49. The predicted molar refractivity (Wildman–Crippen MR) is 103 cm³/mol. The highest BCUT2D eigenvalue weighted by Crippen LogP contribution is 2.28. The van der Waals surface area contributed by atoms with E-state index in [1.165, 1.54) is 0 Å². The van der Waals surface area contributed by atoms with Gasteiger partial charge in [0, 0.05) is 43.8 Å². The van der Waals surface area contributed by atoms with E-state index in [2.05, 4.69) is 10.6 Å². The molecule has 0 bridgehead atoms. The van der Waals surface area contributed by atoms with Gasteiger partial charge in [0.05, 0.1) is 6.61 Å². The summed E-state index contributed by atoms with van der Waals surface area (Å²) in [6.07, 6.45) is 3.43. The van der Waals surface area contributed by atoms with Crippen molar-refractivity contribution in [2.45, 2.75) is 25.7 Å². The van der Waals surface area contributed by atoms with Gasteiger partial charge in [0.2, 0.25) is 5.91 Å². The monoisotopic (exact) mass is 375 g/mol. The number of amides is 2. The number of hydrogen-bond acceptors (Lipinski definition) is 5. The van der Waals surface area contributed by atoms with Crippen LogP contribution >= 0.6 is 0 Å². The van der Waals surface area contributed by atoms with Crippen molar-refractivity contribution in [1.82, 2.24) is 10.6 Å². The molecule has 2 aliphatic rings. The van der Waals surface area contributed by atoms with Gasteiger partial charge in [-0.3, -0.25) is 9.59 Å². The first-order valence-electron chi connectivity index (χ1n) is 9.61. The molecule has 2 saturated heterocycles. The molecule has 3 rings (SSSR count). The maximum absolute atomic E-state index is 12.2. The van der Waals surface area contributed by atoms with Crippen LogP contribution in [0, 0.1) is 5.41 Å². The molecule has 2 N–H and O–H groups in total. The Labute approximate surface area is 160 Å². The second kappa shape index (κ2) is 9.19. The van der Waals surface area contributed by atoms with Crippen molar-refractivity contribution in [2.75, 3.05) is 51.4 Å². The fraction of sp³-hybridized carbons (Fsp3) is 0.600. The first-order chi connectivity index (χ1) is 13.1. The molecule has 1 aromatic rings. The third kappa shape index (κ3) is 5.20. The zero-order chi connectivity index (χ0) is 19.1. The van der Waals surface area contributed by atoms with Gasteiger partial charge in [-0.15, -0.1) is 0 Å². The molecule has 0 aliphatic carbocycles. The number of nitrogens with one attached hydrogen (secondary N) is 2. The van der Waals surface area contributed by atoms with Gasteiger partial charge in [-0.05, 0) is 44.5 Å². The van der Waals surface area contributed by atoms with Crippen molar-refractivity contribution >= 4 is 17.5 Å². The fourth-order valence-corrected chi connectivity index (χ4v) is 3.78. The average molecular weight is 375 g/mol. The quantitative estimate of drug-likeness (QED) is 0.717. The average Bonchev–Trinajstić information content (AvgIpc) is 3.12. The normalized spacial score (nSPS) is 19.1. The molecule has 0 aromatic heterocycles. The van der Waals surface area contributed by atoms with Gasteiger partial charge in [-0.2, -0.15) is 0 Å². The van der Waals surface area contributed by atoms with E-state index < -0.39 is 0 Å². The highest BCUT2D eigenvalue weighted by atomic mass is 16.5. The van der Waals surface area contributed by atoms with Gasteiger partial charge in [-0.25, -0.2) is 0 Å². The van der Waals surface area contributed by atoms with Gasteiger partial charge in [0.1, 0.15) is 5.75 Å². The summed E-state index contributed by atoms with van der Waals surface area (Å²) in [5.74, 6) is 0.581. The summed E-state index contributed by atoms with van der Waals surface area (Å²) in [4.78, 5) is 25.9. The Morgan fingerprint density at radius 1 is 1.33 bits per heavy atom. The van der Waals surface area contributed by atoms with Crippen LogP contribution in [0.5, 0.6) is 5.75 Å². The molecule has 0 atom stereocenters. The lowest BCUT2D eigenvalue weighted by Crippen LogP contribution is -2.47. The van der Waals surface area contributed by atoms with Crippen molar-refractivity contribution < 1.29 is 19.1 Å². The molecule has 1 aromatic carbocycles. The van der Waals surface area contributed by atoms with Crippen LogP contribution in [-0.2, 0) is 14.3 Å².